The van der Waals surface area contributed by atoms with Crippen LogP contribution in [0.1, 0.15) is 19.8 Å². The van der Waals surface area contributed by atoms with Crippen LogP contribution < -0.4 is 0 Å². The SMILES string of the molecule is C=CCC(CC(=O)OCC)[N+](=O)[O-]. The highest BCUT2D eigenvalue weighted by molar-refractivity contribution is 5.69. The number of carbonyl (C=O) groups excluding carboxylic acids is 1. The quantitative estimate of drug-likeness (QED) is 0.271. The van der Waals surface area contributed by atoms with Gasteiger partial charge in [0.2, 0.25) is 6.04 Å². The summed E-state index contributed by atoms with van der Waals surface area (Å²) in [6, 6.07) is -0.906. The second kappa shape index (κ2) is 6.16. The van der Waals surface area contributed by atoms with E-state index in [-0.39, 0.29) is 19.4 Å². The molecule has 0 spiro atoms. The molecule has 0 saturated carbocycles. The Balaban J connectivity index is 4.01. The average molecular weight is 187 g/mol. The zero-order chi connectivity index (χ0) is 10.3. The first-order chi connectivity index (χ1) is 6.11. The Morgan fingerprint density at radius 1 is 1.77 bits per heavy atom. The molecule has 0 N–H and O–H groups in total. The van der Waals surface area contributed by atoms with Gasteiger partial charge < -0.3 is 4.74 Å². The Hall–Kier alpha value is -1.39. The van der Waals surface area contributed by atoms with Gasteiger partial charge in [0.1, 0.15) is 6.42 Å². The lowest BCUT2D eigenvalue weighted by Crippen LogP contribution is -2.23. The molecule has 0 aliphatic heterocycles. The van der Waals surface area contributed by atoms with Crippen molar-refractivity contribution in [3.63, 3.8) is 0 Å². The van der Waals surface area contributed by atoms with Crippen molar-refractivity contribution in [1.29, 1.82) is 0 Å². The van der Waals surface area contributed by atoms with Crippen LogP contribution in [-0.2, 0) is 9.53 Å². The molecule has 0 bridgehead atoms. The fourth-order valence-corrected chi connectivity index (χ4v) is 0.849. The first-order valence-corrected chi connectivity index (χ1v) is 4.01. The van der Waals surface area contributed by atoms with Gasteiger partial charge in [-0.15, -0.1) is 6.58 Å². The average Bonchev–Trinajstić information content (AvgIpc) is 2.04. The number of carbonyl (C=O) groups is 1. The van der Waals surface area contributed by atoms with E-state index in [0.717, 1.165) is 0 Å². The normalized spacial score (nSPS) is 11.8. The highest BCUT2D eigenvalue weighted by Gasteiger charge is 2.22. The smallest absolute Gasteiger partial charge is 0.312 e. The second-order valence-electron chi connectivity index (χ2n) is 2.47. The maximum Gasteiger partial charge on any atom is 0.312 e. The maximum absolute atomic E-state index is 10.9. The van der Waals surface area contributed by atoms with Gasteiger partial charge in [0.25, 0.3) is 0 Å². The summed E-state index contributed by atoms with van der Waals surface area (Å²) < 4.78 is 4.59. The van der Waals surface area contributed by atoms with Crippen LogP contribution >= 0.6 is 0 Å². The topological polar surface area (TPSA) is 69.4 Å². The molecule has 0 aliphatic rings. The van der Waals surface area contributed by atoms with E-state index >= 15 is 0 Å². The zero-order valence-electron chi connectivity index (χ0n) is 7.56. The predicted molar refractivity (Wildman–Crippen MR) is 46.8 cm³/mol. The van der Waals surface area contributed by atoms with Crippen molar-refractivity contribution < 1.29 is 14.5 Å². The molecule has 0 fully saturated rings. The summed E-state index contributed by atoms with van der Waals surface area (Å²) >= 11 is 0. The van der Waals surface area contributed by atoms with Crippen LogP contribution in [0.5, 0.6) is 0 Å². The van der Waals surface area contributed by atoms with Crippen molar-refractivity contribution in [3.05, 3.63) is 22.8 Å². The van der Waals surface area contributed by atoms with Crippen LogP contribution in [0.15, 0.2) is 12.7 Å². The molecule has 5 nitrogen and oxygen atoms in total. The lowest BCUT2D eigenvalue weighted by molar-refractivity contribution is -0.520. The number of hydrogen-bond acceptors (Lipinski definition) is 4. The van der Waals surface area contributed by atoms with Crippen LogP contribution in [0.4, 0.5) is 0 Å². The molecule has 5 heteroatoms. The van der Waals surface area contributed by atoms with E-state index in [1.165, 1.54) is 6.08 Å². The monoisotopic (exact) mass is 187 g/mol. The standard InChI is InChI=1S/C8H13NO4/c1-3-5-7(9(11)12)6-8(10)13-4-2/h3,7H,1,4-6H2,2H3. The van der Waals surface area contributed by atoms with E-state index in [1.807, 2.05) is 0 Å². The van der Waals surface area contributed by atoms with Crippen molar-refractivity contribution in [2.45, 2.75) is 25.8 Å². The molecule has 1 unspecified atom stereocenters. The molecule has 74 valence electrons. The van der Waals surface area contributed by atoms with E-state index in [2.05, 4.69) is 11.3 Å². The summed E-state index contributed by atoms with van der Waals surface area (Å²) in [5.74, 6) is -0.536. The molecule has 0 heterocycles. The van der Waals surface area contributed by atoms with Crippen LogP contribution in [0.3, 0.4) is 0 Å². The van der Waals surface area contributed by atoms with Gasteiger partial charge in [-0.2, -0.15) is 0 Å². The van der Waals surface area contributed by atoms with Crippen LogP contribution in [-0.4, -0.2) is 23.5 Å². The minimum atomic E-state index is -0.906. The van der Waals surface area contributed by atoms with Crippen molar-refractivity contribution in [2.75, 3.05) is 6.61 Å². The fraction of sp³-hybridized carbons (Fsp3) is 0.625. The van der Waals surface area contributed by atoms with E-state index < -0.39 is 16.9 Å². The molecule has 0 rings (SSSR count). The third-order valence-corrected chi connectivity index (χ3v) is 1.44. The van der Waals surface area contributed by atoms with Gasteiger partial charge in [0, 0.05) is 11.3 Å². The lowest BCUT2D eigenvalue weighted by atomic mass is 10.1. The molecule has 0 aliphatic carbocycles. The molecular weight excluding hydrogens is 174 g/mol. The Labute approximate surface area is 76.5 Å². The molecular formula is C8H13NO4. The van der Waals surface area contributed by atoms with Crippen molar-refractivity contribution in [1.82, 2.24) is 0 Å². The van der Waals surface area contributed by atoms with Crippen LogP contribution in [0, 0.1) is 10.1 Å². The number of nitro groups is 1. The van der Waals surface area contributed by atoms with Crippen LogP contribution in [0.2, 0.25) is 0 Å². The summed E-state index contributed by atoms with van der Waals surface area (Å²) in [5, 5.41) is 10.4. The number of nitrogens with zero attached hydrogens (tertiary/aromatic N) is 1. The van der Waals surface area contributed by atoms with Crippen molar-refractivity contribution in [2.24, 2.45) is 0 Å². The largest absolute Gasteiger partial charge is 0.466 e. The zero-order valence-corrected chi connectivity index (χ0v) is 7.56. The third-order valence-electron chi connectivity index (χ3n) is 1.44. The molecule has 0 aromatic rings. The first kappa shape index (κ1) is 11.6. The number of ether oxygens (including phenoxy) is 1. The Morgan fingerprint density at radius 2 is 2.38 bits per heavy atom. The lowest BCUT2D eigenvalue weighted by Gasteiger charge is -2.05. The molecule has 1 atom stereocenters. The number of esters is 1. The Kier molecular flexibility index (Phi) is 5.50. The fourth-order valence-electron chi connectivity index (χ4n) is 0.849. The Bertz CT molecular complexity index is 202. The molecule has 13 heavy (non-hydrogen) atoms. The molecule has 0 radical (unpaired) electrons. The van der Waals surface area contributed by atoms with E-state index in [4.69, 9.17) is 0 Å². The van der Waals surface area contributed by atoms with E-state index in [0.29, 0.717) is 0 Å². The summed E-state index contributed by atoms with van der Waals surface area (Å²) in [7, 11) is 0. The van der Waals surface area contributed by atoms with Crippen LogP contribution in [0.25, 0.3) is 0 Å². The van der Waals surface area contributed by atoms with Crippen molar-refractivity contribution >= 4 is 5.97 Å². The van der Waals surface area contributed by atoms with Gasteiger partial charge in [-0.3, -0.25) is 14.9 Å². The van der Waals surface area contributed by atoms with Gasteiger partial charge in [0.15, 0.2) is 0 Å². The summed E-state index contributed by atoms with van der Waals surface area (Å²) in [6.07, 6.45) is 1.42. The summed E-state index contributed by atoms with van der Waals surface area (Å²) in [4.78, 5) is 20.8. The summed E-state index contributed by atoms with van der Waals surface area (Å²) in [5.41, 5.74) is 0. The van der Waals surface area contributed by atoms with E-state index in [9.17, 15) is 14.9 Å². The first-order valence-electron chi connectivity index (χ1n) is 4.01. The maximum atomic E-state index is 10.9. The molecule has 0 aromatic heterocycles. The second-order valence-corrected chi connectivity index (χ2v) is 2.47. The summed E-state index contributed by atoms with van der Waals surface area (Å²) in [6.45, 7) is 5.29. The van der Waals surface area contributed by atoms with Crippen molar-refractivity contribution in [3.8, 4) is 0 Å². The van der Waals surface area contributed by atoms with Gasteiger partial charge in [0.05, 0.1) is 6.61 Å². The highest BCUT2D eigenvalue weighted by atomic mass is 16.6. The minimum Gasteiger partial charge on any atom is -0.466 e. The third kappa shape index (κ3) is 4.95. The molecule has 0 aromatic carbocycles. The number of rotatable bonds is 6. The predicted octanol–water partition coefficient (Wildman–Crippen LogP) is 1.16. The number of hydrogen-bond donors (Lipinski definition) is 0. The van der Waals surface area contributed by atoms with Gasteiger partial charge >= 0.3 is 5.97 Å². The van der Waals surface area contributed by atoms with Gasteiger partial charge in [-0.05, 0) is 6.92 Å². The molecule has 0 saturated heterocycles. The Morgan fingerprint density at radius 3 is 2.77 bits per heavy atom. The minimum absolute atomic E-state index is 0.186. The van der Waals surface area contributed by atoms with Gasteiger partial charge in [-0.25, -0.2) is 0 Å². The molecule has 0 amide bonds. The van der Waals surface area contributed by atoms with Gasteiger partial charge in [-0.1, -0.05) is 6.08 Å². The van der Waals surface area contributed by atoms with E-state index in [1.54, 1.807) is 6.92 Å². The highest BCUT2D eigenvalue weighted by Crippen LogP contribution is 2.04.